The highest BCUT2D eigenvalue weighted by atomic mass is 16.5. The van der Waals surface area contributed by atoms with E-state index in [0.29, 0.717) is 18.7 Å². The number of benzene rings is 1. The van der Waals surface area contributed by atoms with Crippen molar-refractivity contribution in [1.29, 1.82) is 0 Å². The Labute approximate surface area is 108 Å². The van der Waals surface area contributed by atoms with Crippen LogP contribution in [0, 0.1) is 0 Å². The second-order valence-corrected chi connectivity index (χ2v) is 3.92. The number of nitrogens with zero attached hydrogens (tertiary/aromatic N) is 1. The molecule has 0 radical (unpaired) electrons. The molecule has 0 bridgehead atoms. The van der Waals surface area contributed by atoms with Crippen molar-refractivity contribution in [3.8, 4) is 0 Å². The molecule has 1 rings (SSSR count). The monoisotopic (exact) mass is 249 g/mol. The van der Waals surface area contributed by atoms with Crippen LogP contribution in [0.5, 0.6) is 0 Å². The molecule has 0 N–H and O–H groups in total. The molecule has 4 heteroatoms. The largest absolute Gasteiger partial charge is 0.465 e. The number of ketones is 1. The van der Waals surface area contributed by atoms with Crippen LogP contribution in [-0.4, -0.2) is 31.4 Å². The van der Waals surface area contributed by atoms with E-state index in [1.807, 2.05) is 24.0 Å². The van der Waals surface area contributed by atoms with Crippen LogP contribution in [0.3, 0.4) is 0 Å². The van der Waals surface area contributed by atoms with E-state index in [1.54, 1.807) is 19.1 Å². The number of Topliss-reactive ketones (excluding diaryl/α,β-unsaturated/α-hetero) is 1. The third-order valence-corrected chi connectivity index (χ3v) is 2.65. The first-order chi connectivity index (χ1) is 8.58. The van der Waals surface area contributed by atoms with Crippen LogP contribution in [-0.2, 0) is 9.53 Å². The lowest BCUT2D eigenvalue weighted by atomic mass is 10.1. The molecule has 0 spiro atoms. The van der Waals surface area contributed by atoms with Gasteiger partial charge in [-0.05, 0) is 45.0 Å². The lowest BCUT2D eigenvalue weighted by molar-refractivity contribution is -0.141. The summed E-state index contributed by atoms with van der Waals surface area (Å²) in [7, 11) is 0. The summed E-state index contributed by atoms with van der Waals surface area (Å²) in [6, 6.07) is 7.23. The zero-order chi connectivity index (χ0) is 13.5. The van der Waals surface area contributed by atoms with Gasteiger partial charge in [0.05, 0.1) is 6.61 Å². The summed E-state index contributed by atoms with van der Waals surface area (Å²) in [4.78, 5) is 24.5. The van der Waals surface area contributed by atoms with Gasteiger partial charge in [-0.3, -0.25) is 9.59 Å². The Morgan fingerprint density at radius 3 is 2.22 bits per heavy atom. The first kappa shape index (κ1) is 14.2. The summed E-state index contributed by atoms with van der Waals surface area (Å²) < 4.78 is 4.92. The van der Waals surface area contributed by atoms with E-state index in [-0.39, 0.29) is 18.3 Å². The predicted molar refractivity (Wildman–Crippen MR) is 71.0 cm³/mol. The molecule has 0 heterocycles. The quantitative estimate of drug-likeness (QED) is 0.573. The highest BCUT2D eigenvalue weighted by molar-refractivity contribution is 5.94. The zero-order valence-corrected chi connectivity index (χ0v) is 11.1. The lowest BCUT2D eigenvalue weighted by Gasteiger charge is -2.22. The van der Waals surface area contributed by atoms with Gasteiger partial charge in [0.1, 0.15) is 6.54 Å². The summed E-state index contributed by atoms with van der Waals surface area (Å²) >= 11 is 0. The van der Waals surface area contributed by atoms with E-state index >= 15 is 0 Å². The van der Waals surface area contributed by atoms with Gasteiger partial charge in [-0.15, -0.1) is 0 Å². The minimum absolute atomic E-state index is 0.0370. The van der Waals surface area contributed by atoms with Gasteiger partial charge in [-0.2, -0.15) is 0 Å². The van der Waals surface area contributed by atoms with Gasteiger partial charge in [0.25, 0.3) is 0 Å². The number of hydrogen-bond donors (Lipinski definition) is 0. The third kappa shape index (κ3) is 3.87. The van der Waals surface area contributed by atoms with Crippen molar-refractivity contribution in [3.05, 3.63) is 29.8 Å². The van der Waals surface area contributed by atoms with Gasteiger partial charge in [0.2, 0.25) is 0 Å². The van der Waals surface area contributed by atoms with Gasteiger partial charge < -0.3 is 9.64 Å². The first-order valence-electron chi connectivity index (χ1n) is 6.10. The van der Waals surface area contributed by atoms with E-state index < -0.39 is 0 Å². The lowest BCUT2D eigenvalue weighted by Crippen LogP contribution is -2.30. The number of hydrogen-bond acceptors (Lipinski definition) is 4. The summed E-state index contributed by atoms with van der Waals surface area (Å²) in [5, 5.41) is 0. The Bertz CT molecular complexity index is 412. The molecular formula is C14H19NO3. The third-order valence-electron chi connectivity index (χ3n) is 2.65. The Balaban J connectivity index is 2.76. The van der Waals surface area contributed by atoms with Crippen molar-refractivity contribution >= 4 is 17.4 Å². The van der Waals surface area contributed by atoms with Gasteiger partial charge in [0.15, 0.2) is 5.78 Å². The summed E-state index contributed by atoms with van der Waals surface area (Å²) in [5.74, 6) is -0.204. The zero-order valence-electron chi connectivity index (χ0n) is 11.1. The number of carbonyl (C=O) groups is 2. The fourth-order valence-corrected chi connectivity index (χ4v) is 1.66. The SMILES string of the molecule is CCOC(=O)CN(CC)c1ccc(C(C)=O)cc1. The Hall–Kier alpha value is -1.84. The fraction of sp³-hybridized carbons (Fsp3) is 0.429. The number of likely N-dealkylation sites (N-methyl/N-ethyl adjacent to an activating group) is 1. The molecule has 0 amide bonds. The topological polar surface area (TPSA) is 46.6 Å². The van der Waals surface area contributed by atoms with Gasteiger partial charge in [0, 0.05) is 17.8 Å². The molecule has 98 valence electrons. The molecule has 0 saturated heterocycles. The minimum Gasteiger partial charge on any atom is -0.465 e. The maximum atomic E-state index is 11.4. The normalized spacial score (nSPS) is 9.94. The van der Waals surface area contributed by atoms with Crippen LogP contribution < -0.4 is 4.90 Å². The standard InChI is InChI=1S/C14H19NO3/c1-4-15(10-14(17)18-5-2)13-8-6-12(7-9-13)11(3)16/h6-9H,4-5,10H2,1-3H3. The van der Waals surface area contributed by atoms with Crippen molar-refractivity contribution < 1.29 is 14.3 Å². The van der Waals surface area contributed by atoms with Crippen molar-refractivity contribution in [2.75, 3.05) is 24.6 Å². The summed E-state index contributed by atoms with van der Waals surface area (Å²) in [6.45, 7) is 6.61. The van der Waals surface area contributed by atoms with E-state index in [1.165, 1.54) is 6.92 Å². The van der Waals surface area contributed by atoms with Crippen LogP contribution in [0.15, 0.2) is 24.3 Å². The number of ether oxygens (including phenoxy) is 1. The minimum atomic E-state index is -0.241. The van der Waals surface area contributed by atoms with Crippen molar-refractivity contribution in [2.24, 2.45) is 0 Å². The molecule has 1 aromatic rings. The van der Waals surface area contributed by atoms with Crippen LogP contribution in [0.1, 0.15) is 31.1 Å². The molecule has 0 fully saturated rings. The highest BCUT2D eigenvalue weighted by Gasteiger charge is 2.10. The Morgan fingerprint density at radius 1 is 1.17 bits per heavy atom. The smallest absolute Gasteiger partial charge is 0.325 e. The van der Waals surface area contributed by atoms with Gasteiger partial charge in [-0.1, -0.05) is 0 Å². The average Bonchev–Trinajstić information content (AvgIpc) is 2.36. The Kier molecular flexibility index (Phi) is 5.36. The maximum Gasteiger partial charge on any atom is 0.325 e. The summed E-state index contributed by atoms with van der Waals surface area (Å²) in [5.41, 5.74) is 1.58. The second kappa shape index (κ2) is 6.79. The van der Waals surface area contributed by atoms with Crippen molar-refractivity contribution in [1.82, 2.24) is 0 Å². The van der Waals surface area contributed by atoms with E-state index in [2.05, 4.69) is 0 Å². The molecule has 0 aliphatic rings. The molecule has 4 nitrogen and oxygen atoms in total. The van der Waals surface area contributed by atoms with E-state index in [0.717, 1.165) is 5.69 Å². The molecule has 0 unspecified atom stereocenters. The first-order valence-corrected chi connectivity index (χ1v) is 6.10. The summed E-state index contributed by atoms with van der Waals surface area (Å²) in [6.07, 6.45) is 0. The predicted octanol–water partition coefficient (Wildman–Crippen LogP) is 2.28. The molecular weight excluding hydrogens is 230 g/mol. The number of carbonyl (C=O) groups excluding carboxylic acids is 2. The second-order valence-electron chi connectivity index (χ2n) is 3.92. The van der Waals surface area contributed by atoms with Crippen molar-refractivity contribution in [2.45, 2.75) is 20.8 Å². The molecule has 0 atom stereocenters. The molecule has 0 saturated carbocycles. The van der Waals surface area contributed by atoms with Crippen LogP contribution >= 0.6 is 0 Å². The highest BCUT2D eigenvalue weighted by Crippen LogP contribution is 2.15. The molecule has 18 heavy (non-hydrogen) atoms. The van der Waals surface area contributed by atoms with Crippen molar-refractivity contribution in [3.63, 3.8) is 0 Å². The molecule has 1 aromatic carbocycles. The van der Waals surface area contributed by atoms with Crippen LogP contribution in [0.2, 0.25) is 0 Å². The molecule has 0 aliphatic heterocycles. The van der Waals surface area contributed by atoms with Gasteiger partial charge >= 0.3 is 5.97 Å². The average molecular weight is 249 g/mol. The molecule has 0 aliphatic carbocycles. The maximum absolute atomic E-state index is 11.4. The fourth-order valence-electron chi connectivity index (χ4n) is 1.66. The van der Waals surface area contributed by atoms with E-state index in [9.17, 15) is 9.59 Å². The van der Waals surface area contributed by atoms with Crippen LogP contribution in [0.25, 0.3) is 0 Å². The van der Waals surface area contributed by atoms with E-state index in [4.69, 9.17) is 4.74 Å². The van der Waals surface area contributed by atoms with Crippen LogP contribution in [0.4, 0.5) is 5.69 Å². The number of rotatable bonds is 6. The molecule has 0 aromatic heterocycles. The Morgan fingerprint density at radius 2 is 1.78 bits per heavy atom. The number of esters is 1. The number of anilines is 1. The van der Waals surface area contributed by atoms with Gasteiger partial charge in [-0.25, -0.2) is 0 Å².